The third-order valence-electron chi connectivity index (χ3n) is 1.71. The Balaban J connectivity index is 3.04. The van der Waals surface area contributed by atoms with Crippen molar-refractivity contribution in [3.63, 3.8) is 0 Å². The predicted molar refractivity (Wildman–Crippen MR) is 52.4 cm³/mol. The van der Waals surface area contributed by atoms with Crippen LogP contribution in [0.15, 0.2) is 23.2 Å². The van der Waals surface area contributed by atoms with Crippen molar-refractivity contribution < 1.29 is 27.6 Å². The molecular formula is C9H5F3N2O4. The van der Waals surface area contributed by atoms with Crippen LogP contribution in [-0.4, -0.2) is 23.8 Å². The maximum atomic E-state index is 11.9. The van der Waals surface area contributed by atoms with Crippen LogP contribution in [0.5, 0.6) is 5.75 Å². The number of rotatable bonds is 4. The van der Waals surface area contributed by atoms with E-state index in [1.807, 2.05) is 0 Å². The van der Waals surface area contributed by atoms with Gasteiger partial charge in [0.2, 0.25) is 6.08 Å². The third kappa shape index (κ3) is 3.87. The van der Waals surface area contributed by atoms with E-state index in [4.69, 9.17) is 0 Å². The SMILES string of the molecule is O=C=Nc1ccc(OCC(F)(F)F)c([N+](=O)[O-])c1. The predicted octanol–water partition coefficient (Wildman–Crippen LogP) is 2.50. The van der Waals surface area contributed by atoms with Crippen LogP contribution in [-0.2, 0) is 4.79 Å². The van der Waals surface area contributed by atoms with Gasteiger partial charge in [-0.2, -0.15) is 18.2 Å². The summed E-state index contributed by atoms with van der Waals surface area (Å²) in [5, 5.41) is 10.6. The molecule has 0 spiro atoms. The lowest BCUT2D eigenvalue weighted by Crippen LogP contribution is -2.19. The van der Waals surface area contributed by atoms with Crippen molar-refractivity contribution in [3.05, 3.63) is 28.3 Å². The molecule has 18 heavy (non-hydrogen) atoms. The molecule has 0 aliphatic carbocycles. The number of aliphatic imine (C=N–C) groups is 1. The molecule has 1 aromatic rings. The molecule has 96 valence electrons. The number of alkyl halides is 3. The Kier molecular flexibility index (Phi) is 4.01. The van der Waals surface area contributed by atoms with Crippen LogP contribution in [0.1, 0.15) is 0 Å². The summed E-state index contributed by atoms with van der Waals surface area (Å²) in [7, 11) is 0. The highest BCUT2D eigenvalue weighted by atomic mass is 19.4. The number of nitro benzene ring substituents is 1. The van der Waals surface area contributed by atoms with Crippen molar-refractivity contribution >= 4 is 17.5 Å². The Bertz CT molecular complexity index is 509. The summed E-state index contributed by atoms with van der Waals surface area (Å²) in [5.41, 5.74) is -0.813. The normalized spacial score (nSPS) is 10.6. The zero-order valence-electron chi connectivity index (χ0n) is 8.60. The molecule has 0 atom stereocenters. The molecule has 1 rings (SSSR count). The van der Waals surface area contributed by atoms with Crippen molar-refractivity contribution in [1.82, 2.24) is 0 Å². The molecule has 0 N–H and O–H groups in total. The van der Waals surface area contributed by atoms with Crippen LogP contribution in [0.25, 0.3) is 0 Å². The highest BCUT2D eigenvalue weighted by Crippen LogP contribution is 2.32. The summed E-state index contributed by atoms with van der Waals surface area (Å²) in [6.07, 6.45) is -3.45. The summed E-state index contributed by atoms with van der Waals surface area (Å²) in [5.74, 6) is -0.554. The standard InChI is InChI=1S/C9H5F3N2O4/c10-9(11,12)4-18-8-2-1-6(13-5-15)3-7(8)14(16)17/h1-3H,4H2. The van der Waals surface area contributed by atoms with E-state index in [-0.39, 0.29) is 5.69 Å². The first-order valence-electron chi connectivity index (χ1n) is 4.39. The minimum absolute atomic E-state index is 0.101. The first kappa shape index (κ1) is 13.7. The molecule has 0 aliphatic rings. The summed E-state index contributed by atoms with van der Waals surface area (Å²) >= 11 is 0. The fraction of sp³-hybridized carbons (Fsp3) is 0.222. The van der Waals surface area contributed by atoms with Crippen molar-refractivity contribution in [3.8, 4) is 5.75 Å². The second-order valence-corrected chi connectivity index (χ2v) is 3.02. The third-order valence-corrected chi connectivity index (χ3v) is 1.71. The van der Waals surface area contributed by atoms with E-state index in [0.717, 1.165) is 24.3 Å². The van der Waals surface area contributed by atoms with Crippen LogP contribution in [0, 0.1) is 10.1 Å². The Morgan fingerprint density at radius 2 is 2.11 bits per heavy atom. The van der Waals surface area contributed by atoms with Gasteiger partial charge >= 0.3 is 11.9 Å². The maximum Gasteiger partial charge on any atom is 0.422 e. The van der Waals surface area contributed by atoms with E-state index >= 15 is 0 Å². The molecule has 0 radical (unpaired) electrons. The maximum absolute atomic E-state index is 11.9. The van der Waals surface area contributed by atoms with Crippen LogP contribution in [0.2, 0.25) is 0 Å². The van der Waals surface area contributed by atoms with E-state index < -0.39 is 29.1 Å². The zero-order valence-corrected chi connectivity index (χ0v) is 8.60. The quantitative estimate of drug-likeness (QED) is 0.361. The summed E-state index contributed by atoms with van der Waals surface area (Å²) in [6.45, 7) is -1.65. The Labute approximate surface area is 97.8 Å². The number of hydrogen-bond acceptors (Lipinski definition) is 5. The fourth-order valence-corrected chi connectivity index (χ4v) is 1.05. The van der Waals surface area contributed by atoms with Gasteiger partial charge in [-0.3, -0.25) is 10.1 Å². The highest BCUT2D eigenvalue weighted by Gasteiger charge is 2.30. The summed E-state index contributed by atoms with van der Waals surface area (Å²) < 4.78 is 40.0. The van der Waals surface area contributed by atoms with E-state index in [1.165, 1.54) is 0 Å². The van der Waals surface area contributed by atoms with Crippen molar-refractivity contribution in [2.45, 2.75) is 6.18 Å². The average molecular weight is 262 g/mol. The molecule has 9 heteroatoms. The van der Waals surface area contributed by atoms with Crippen LogP contribution in [0.4, 0.5) is 24.5 Å². The summed E-state index contributed by atoms with van der Waals surface area (Å²) in [4.78, 5) is 22.7. The number of nitrogens with zero attached hydrogens (tertiary/aromatic N) is 2. The monoisotopic (exact) mass is 262 g/mol. The van der Waals surface area contributed by atoms with Crippen LogP contribution in [0.3, 0.4) is 0 Å². The van der Waals surface area contributed by atoms with Gasteiger partial charge < -0.3 is 4.74 Å². The summed E-state index contributed by atoms with van der Waals surface area (Å²) in [6, 6.07) is 2.85. The van der Waals surface area contributed by atoms with Gasteiger partial charge in [0.15, 0.2) is 12.4 Å². The van der Waals surface area contributed by atoms with Gasteiger partial charge in [-0.1, -0.05) is 0 Å². The number of nitro groups is 1. The van der Waals surface area contributed by atoms with Gasteiger partial charge in [0, 0.05) is 6.07 Å². The molecule has 0 aliphatic heterocycles. The van der Waals surface area contributed by atoms with Gasteiger partial charge in [-0.25, -0.2) is 4.79 Å². The van der Waals surface area contributed by atoms with Gasteiger partial charge in [0.05, 0.1) is 10.6 Å². The molecule has 0 heterocycles. The number of carbonyl (C=O) groups excluding carboxylic acids is 1. The number of benzene rings is 1. The molecule has 0 fully saturated rings. The van der Waals surface area contributed by atoms with E-state index in [9.17, 15) is 28.1 Å². The number of ether oxygens (including phenoxy) is 1. The second-order valence-electron chi connectivity index (χ2n) is 3.02. The van der Waals surface area contributed by atoms with Gasteiger partial charge in [-0.05, 0) is 12.1 Å². The minimum atomic E-state index is -4.60. The molecule has 0 saturated heterocycles. The van der Waals surface area contributed by atoms with Crippen molar-refractivity contribution in [1.29, 1.82) is 0 Å². The molecule has 0 unspecified atom stereocenters. The molecule has 0 bridgehead atoms. The first-order chi connectivity index (χ1) is 8.33. The minimum Gasteiger partial charge on any atom is -0.477 e. The number of isocyanates is 1. The first-order valence-corrected chi connectivity index (χ1v) is 4.39. The van der Waals surface area contributed by atoms with Crippen molar-refractivity contribution in [2.75, 3.05) is 6.61 Å². The largest absolute Gasteiger partial charge is 0.477 e. The van der Waals surface area contributed by atoms with Gasteiger partial charge in [-0.15, -0.1) is 0 Å². The molecule has 1 aromatic carbocycles. The molecule has 0 aromatic heterocycles. The van der Waals surface area contributed by atoms with Crippen LogP contribution < -0.4 is 4.74 Å². The number of halogens is 3. The smallest absolute Gasteiger partial charge is 0.422 e. The molecular weight excluding hydrogens is 257 g/mol. The second kappa shape index (κ2) is 5.28. The Morgan fingerprint density at radius 3 is 2.61 bits per heavy atom. The van der Waals surface area contributed by atoms with E-state index in [1.54, 1.807) is 0 Å². The lowest BCUT2D eigenvalue weighted by Gasteiger charge is -2.09. The number of hydrogen-bond donors (Lipinski definition) is 0. The van der Waals surface area contributed by atoms with E-state index in [2.05, 4.69) is 9.73 Å². The van der Waals surface area contributed by atoms with Crippen molar-refractivity contribution in [2.24, 2.45) is 4.99 Å². The molecule has 0 saturated carbocycles. The lowest BCUT2D eigenvalue weighted by molar-refractivity contribution is -0.386. The molecule has 6 nitrogen and oxygen atoms in total. The zero-order chi connectivity index (χ0) is 13.8. The van der Waals surface area contributed by atoms with Gasteiger partial charge in [0.1, 0.15) is 0 Å². The Morgan fingerprint density at radius 1 is 1.44 bits per heavy atom. The van der Waals surface area contributed by atoms with E-state index in [0.29, 0.717) is 0 Å². The molecule has 0 amide bonds. The van der Waals surface area contributed by atoms with Crippen LogP contribution >= 0.6 is 0 Å². The fourth-order valence-electron chi connectivity index (χ4n) is 1.05. The highest BCUT2D eigenvalue weighted by molar-refractivity contribution is 5.59. The van der Waals surface area contributed by atoms with Gasteiger partial charge in [0.25, 0.3) is 0 Å². The lowest BCUT2D eigenvalue weighted by atomic mass is 10.2. The topological polar surface area (TPSA) is 81.8 Å². The average Bonchev–Trinajstić information content (AvgIpc) is 2.26. The Hall–Kier alpha value is -2.41.